The van der Waals surface area contributed by atoms with Crippen molar-refractivity contribution in [3.8, 4) is 0 Å². The molecule has 2 fully saturated rings. The van der Waals surface area contributed by atoms with Crippen molar-refractivity contribution < 1.29 is 0 Å². The Labute approximate surface area is 120 Å². The monoisotopic (exact) mass is 286 g/mol. The molecule has 2 nitrogen and oxygen atoms in total. The molecule has 2 heterocycles. The average Bonchev–Trinajstić information content (AvgIpc) is 2.79. The summed E-state index contributed by atoms with van der Waals surface area (Å²) < 4.78 is 0. The minimum atomic E-state index is 0. The van der Waals surface area contributed by atoms with Gasteiger partial charge in [-0.2, -0.15) is 0 Å². The normalized spacial score (nSPS) is 27.6. The number of nitrogens with zero attached hydrogens (tertiary/aromatic N) is 1. The van der Waals surface area contributed by atoms with Crippen molar-refractivity contribution in [3.63, 3.8) is 0 Å². The van der Waals surface area contributed by atoms with Crippen LogP contribution in [0.15, 0.2) is 24.3 Å². The summed E-state index contributed by atoms with van der Waals surface area (Å²) in [6.07, 6.45) is 2.62. The molecule has 0 spiro atoms. The summed E-state index contributed by atoms with van der Waals surface area (Å²) in [5, 5.41) is 4.50. The fourth-order valence-corrected chi connectivity index (χ4v) is 3.33. The van der Waals surface area contributed by atoms with Crippen molar-refractivity contribution in [2.75, 3.05) is 19.6 Å². The van der Waals surface area contributed by atoms with E-state index in [1.807, 2.05) is 12.1 Å². The van der Waals surface area contributed by atoms with Crippen molar-refractivity contribution in [2.24, 2.45) is 5.92 Å². The average molecular weight is 287 g/mol. The predicted molar refractivity (Wildman–Crippen MR) is 78.5 cm³/mol. The highest BCUT2D eigenvalue weighted by Crippen LogP contribution is 2.26. The van der Waals surface area contributed by atoms with Gasteiger partial charge in [-0.25, -0.2) is 0 Å². The number of rotatable bonds is 2. The van der Waals surface area contributed by atoms with E-state index in [-0.39, 0.29) is 12.4 Å². The van der Waals surface area contributed by atoms with E-state index in [1.54, 1.807) is 0 Å². The van der Waals surface area contributed by atoms with E-state index in [9.17, 15) is 0 Å². The summed E-state index contributed by atoms with van der Waals surface area (Å²) in [6, 6.07) is 8.98. The van der Waals surface area contributed by atoms with E-state index in [1.165, 1.54) is 38.0 Å². The lowest BCUT2D eigenvalue weighted by Gasteiger charge is -2.35. The Morgan fingerprint density at radius 2 is 2.11 bits per heavy atom. The minimum Gasteiger partial charge on any atom is -0.314 e. The van der Waals surface area contributed by atoms with E-state index in [0.717, 1.165) is 23.5 Å². The third-order valence-electron chi connectivity index (χ3n) is 4.09. The second kappa shape index (κ2) is 6.25. The summed E-state index contributed by atoms with van der Waals surface area (Å²) in [4.78, 5) is 2.55. The van der Waals surface area contributed by atoms with Gasteiger partial charge in [0, 0.05) is 24.2 Å². The number of halogens is 2. The van der Waals surface area contributed by atoms with E-state index < -0.39 is 0 Å². The highest BCUT2D eigenvalue weighted by atomic mass is 35.5. The molecule has 0 aromatic heterocycles. The van der Waals surface area contributed by atoms with Gasteiger partial charge >= 0.3 is 0 Å². The van der Waals surface area contributed by atoms with Crippen LogP contribution in [0.25, 0.3) is 0 Å². The molecule has 0 radical (unpaired) electrons. The number of hydrogen-bond acceptors (Lipinski definition) is 2. The second-order valence-corrected chi connectivity index (χ2v) is 5.63. The van der Waals surface area contributed by atoms with Gasteiger partial charge in [-0.15, -0.1) is 12.4 Å². The van der Waals surface area contributed by atoms with Gasteiger partial charge in [-0.3, -0.25) is 4.90 Å². The lowest BCUT2D eigenvalue weighted by molar-refractivity contribution is 0.156. The van der Waals surface area contributed by atoms with Crippen molar-refractivity contribution in [1.29, 1.82) is 0 Å². The molecule has 1 N–H and O–H groups in total. The largest absolute Gasteiger partial charge is 0.314 e. The van der Waals surface area contributed by atoms with Crippen LogP contribution in [-0.4, -0.2) is 30.6 Å². The highest BCUT2D eigenvalue weighted by molar-refractivity contribution is 6.31. The number of nitrogens with one attached hydrogen (secondary N) is 1. The van der Waals surface area contributed by atoms with Crippen LogP contribution < -0.4 is 5.32 Å². The Balaban J connectivity index is 0.00000120. The molecule has 2 atom stereocenters. The van der Waals surface area contributed by atoms with Crippen LogP contribution in [0.2, 0.25) is 5.02 Å². The summed E-state index contributed by atoms with van der Waals surface area (Å²) >= 11 is 6.22. The zero-order chi connectivity index (χ0) is 11.7. The molecule has 4 heteroatoms. The number of piperidine rings is 1. The van der Waals surface area contributed by atoms with Crippen molar-refractivity contribution >= 4 is 24.0 Å². The SMILES string of the molecule is Cl.Clc1ccccc1CN1CCC2NCCC2C1. The predicted octanol–water partition coefficient (Wildman–Crippen LogP) is 2.95. The third-order valence-corrected chi connectivity index (χ3v) is 4.46. The first-order valence-electron chi connectivity index (χ1n) is 6.52. The third kappa shape index (κ3) is 3.00. The molecule has 2 aliphatic rings. The standard InChI is InChI=1S/C14H19ClN2.ClH/c15-13-4-2-1-3-11(13)9-17-8-6-14-12(10-17)5-7-16-14;/h1-4,12,14,16H,5-10H2;1H. The molecule has 2 aliphatic heterocycles. The Hall–Kier alpha value is -0.280. The quantitative estimate of drug-likeness (QED) is 0.899. The van der Waals surface area contributed by atoms with E-state index in [2.05, 4.69) is 22.3 Å². The summed E-state index contributed by atoms with van der Waals surface area (Å²) in [7, 11) is 0. The van der Waals surface area contributed by atoms with Crippen LogP contribution in [0.1, 0.15) is 18.4 Å². The first-order chi connectivity index (χ1) is 8.33. The van der Waals surface area contributed by atoms with Gasteiger partial charge in [0.1, 0.15) is 0 Å². The van der Waals surface area contributed by atoms with Crippen molar-refractivity contribution in [3.05, 3.63) is 34.9 Å². The smallest absolute Gasteiger partial charge is 0.0451 e. The molecule has 0 aliphatic carbocycles. The van der Waals surface area contributed by atoms with E-state index in [0.29, 0.717) is 0 Å². The molecule has 0 amide bonds. The zero-order valence-electron chi connectivity index (χ0n) is 10.4. The molecule has 1 aromatic carbocycles. The number of likely N-dealkylation sites (tertiary alicyclic amines) is 1. The van der Waals surface area contributed by atoms with E-state index in [4.69, 9.17) is 11.6 Å². The number of hydrogen-bond donors (Lipinski definition) is 1. The summed E-state index contributed by atoms with van der Waals surface area (Å²) in [5.41, 5.74) is 1.26. The fraction of sp³-hybridized carbons (Fsp3) is 0.571. The first kappa shape index (κ1) is 14.1. The van der Waals surface area contributed by atoms with Crippen molar-refractivity contribution in [2.45, 2.75) is 25.4 Å². The summed E-state index contributed by atoms with van der Waals surface area (Å²) in [5.74, 6) is 0.853. The Morgan fingerprint density at radius 1 is 1.28 bits per heavy atom. The van der Waals surface area contributed by atoms with Gasteiger partial charge in [-0.1, -0.05) is 29.8 Å². The molecule has 0 bridgehead atoms. The molecule has 100 valence electrons. The Morgan fingerprint density at radius 3 is 2.94 bits per heavy atom. The molecule has 2 saturated heterocycles. The number of fused-ring (bicyclic) bond motifs is 1. The lowest BCUT2D eigenvalue weighted by Crippen LogP contribution is -2.43. The van der Waals surface area contributed by atoms with Gasteiger partial charge in [0.2, 0.25) is 0 Å². The minimum absolute atomic E-state index is 0. The zero-order valence-corrected chi connectivity index (χ0v) is 12.0. The maximum atomic E-state index is 6.22. The van der Waals surface area contributed by atoms with E-state index >= 15 is 0 Å². The van der Waals surface area contributed by atoms with Gasteiger partial charge in [0.25, 0.3) is 0 Å². The van der Waals surface area contributed by atoms with Gasteiger partial charge in [0.15, 0.2) is 0 Å². The fourth-order valence-electron chi connectivity index (χ4n) is 3.13. The molecule has 2 unspecified atom stereocenters. The Bertz CT molecular complexity index is 397. The maximum Gasteiger partial charge on any atom is 0.0451 e. The van der Waals surface area contributed by atoms with Gasteiger partial charge < -0.3 is 5.32 Å². The molecule has 0 saturated carbocycles. The van der Waals surface area contributed by atoms with Gasteiger partial charge in [-0.05, 0) is 43.5 Å². The van der Waals surface area contributed by atoms with Crippen LogP contribution in [0, 0.1) is 5.92 Å². The molecular weight excluding hydrogens is 267 g/mol. The second-order valence-electron chi connectivity index (χ2n) is 5.22. The maximum absolute atomic E-state index is 6.22. The number of benzene rings is 1. The van der Waals surface area contributed by atoms with Gasteiger partial charge in [0.05, 0.1) is 0 Å². The Kier molecular flexibility index (Phi) is 4.91. The van der Waals surface area contributed by atoms with Crippen LogP contribution in [0.3, 0.4) is 0 Å². The molecular formula is C14H20Cl2N2. The summed E-state index contributed by atoms with van der Waals surface area (Å²) in [6.45, 7) is 4.63. The molecule has 3 rings (SSSR count). The molecule has 18 heavy (non-hydrogen) atoms. The highest BCUT2D eigenvalue weighted by Gasteiger charge is 2.32. The van der Waals surface area contributed by atoms with Crippen LogP contribution in [0.4, 0.5) is 0 Å². The topological polar surface area (TPSA) is 15.3 Å². The first-order valence-corrected chi connectivity index (χ1v) is 6.90. The van der Waals surface area contributed by atoms with Crippen LogP contribution >= 0.6 is 24.0 Å². The van der Waals surface area contributed by atoms with Crippen LogP contribution in [-0.2, 0) is 6.54 Å². The lowest BCUT2D eigenvalue weighted by atomic mass is 9.93. The van der Waals surface area contributed by atoms with Crippen LogP contribution in [0.5, 0.6) is 0 Å². The molecule has 1 aromatic rings. The van der Waals surface area contributed by atoms with Crippen molar-refractivity contribution in [1.82, 2.24) is 10.2 Å².